The fourth-order valence-corrected chi connectivity index (χ4v) is 5.58. The van der Waals surface area contributed by atoms with Crippen LogP contribution in [0.4, 0.5) is 5.13 Å². The molecular weight excluding hydrogens is 537 g/mol. The van der Waals surface area contributed by atoms with E-state index in [9.17, 15) is 9.36 Å². The van der Waals surface area contributed by atoms with E-state index in [1.54, 1.807) is 13.8 Å². The summed E-state index contributed by atoms with van der Waals surface area (Å²) in [6, 6.07) is 28.5. The van der Waals surface area contributed by atoms with E-state index in [0.29, 0.717) is 0 Å². The van der Waals surface area contributed by atoms with Crippen LogP contribution in [0.5, 0.6) is 0 Å². The summed E-state index contributed by atoms with van der Waals surface area (Å²) < 4.78 is 28.5. The number of thiazole rings is 1. The van der Waals surface area contributed by atoms with Gasteiger partial charge in [-0.3, -0.25) is 9.05 Å². The van der Waals surface area contributed by atoms with Crippen molar-refractivity contribution in [3.63, 3.8) is 0 Å². The molecule has 4 aromatic rings. The minimum absolute atomic E-state index is 0.00365. The van der Waals surface area contributed by atoms with E-state index >= 15 is 0 Å². The Balaban J connectivity index is 1.89. The number of phosphoric ester groups is 1. The van der Waals surface area contributed by atoms with Crippen LogP contribution in [0.1, 0.15) is 36.2 Å². The number of nitrogen functional groups attached to an aromatic ring is 1. The third-order valence-corrected chi connectivity index (χ3v) is 7.75. The molecule has 39 heavy (non-hydrogen) atoms. The van der Waals surface area contributed by atoms with Crippen molar-refractivity contribution in [2.75, 3.05) is 18.9 Å². The fourth-order valence-electron chi connectivity index (χ4n) is 3.93. The fraction of sp³-hybridized carbons (Fsp3) is 0.179. The third-order valence-electron chi connectivity index (χ3n) is 5.54. The van der Waals surface area contributed by atoms with Crippen molar-refractivity contribution in [1.82, 2.24) is 4.98 Å². The van der Waals surface area contributed by atoms with Crippen LogP contribution in [0.2, 0.25) is 0 Å². The zero-order chi connectivity index (χ0) is 27.7. The molecule has 9 nitrogen and oxygen atoms in total. The summed E-state index contributed by atoms with van der Waals surface area (Å²) in [7, 11) is -4.22. The van der Waals surface area contributed by atoms with Crippen LogP contribution >= 0.6 is 19.2 Å². The predicted octanol–water partition coefficient (Wildman–Crippen LogP) is 6.16. The van der Waals surface area contributed by atoms with Crippen molar-refractivity contribution >= 4 is 36.0 Å². The summed E-state index contributed by atoms with van der Waals surface area (Å²) >= 11 is 1.10. The highest BCUT2D eigenvalue weighted by molar-refractivity contribution is 7.49. The average molecular weight is 566 g/mol. The Labute approximate surface area is 230 Å². The summed E-state index contributed by atoms with van der Waals surface area (Å²) in [4.78, 5) is 24.0. The molecule has 3 aromatic carbocycles. The number of nitrogens with zero attached hydrogens (tertiary/aromatic N) is 2. The molecule has 0 atom stereocenters. The number of oxime groups is 1. The van der Waals surface area contributed by atoms with Gasteiger partial charge in [-0.15, -0.1) is 11.3 Å². The van der Waals surface area contributed by atoms with Gasteiger partial charge in [-0.2, -0.15) is 0 Å². The molecule has 0 spiro atoms. The maximum absolute atomic E-state index is 13.4. The number of nitrogens with two attached hydrogens (primary N) is 1. The topological polar surface area (TPSA) is 122 Å². The van der Waals surface area contributed by atoms with Gasteiger partial charge < -0.3 is 15.1 Å². The number of hydrogen-bond donors (Lipinski definition) is 1. The second-order valence-corrected chi connectivity index (χ2v) is 10.5. The Morgan fingerprint density at radius 2 is 1.33 bits per heavy atom. The first-order chi connectivity index (χ1) is 18.9. The predicted molar refractivity (Wildman–Crippen MR) is 150 cm³/mol. The first kappa shape index (κ1) is 28.2. The average Bonchev–Trinajstić information content (AvgIpc) is 3.38. The van der Waals surface area contributed by atoms with Gasteiger partial charge in [0.15, 0.2) is 5.13 Å². The van der Waals surface area contributed by atoms with Gasteiger partial charge in [0.1, 0.15) is 5.69 Å². The van der Waals surface area contributed by atoms with Crippen molar-refractivity contribution in [3.8, 4) is 0 Å². The molecule has 11 heteroatoms. The maximum Gasteiger partial charge on any atom is 0.532 e. The molecule has 202 valence electrons. The minimum Gasteiger partial charge on any atom is -0.375 e. The normalized spacial score (nSPS) is 12.2. The molecule has 1 aromatic heterocycles. The van der Waals surface area contributed by atoms with E-state index in [-0.39, 0.29) is 29.8 Å². The lowest BCUT2D eigenvalue weighted by Crippen LogP contribution is -2.32. The quantitative estimate of drug-likeness (QED) is 0.0938. The molecule has 0 amide bonds. The van der Waals surface area contributed by atoms with Gasteiger partial charge in [-0.1, -0.05) is 96.2 Å². The van der Waals surface area contributed by atoms with E-state index in [1.807, 2.05) is 91.0 Å². The van der Waals surface area contributed by atoms with Crippen LogP contribution in [0.15, 0.2) is 102 Å². The van der Waals surface area contributed by atoms with Crippen molar-refractivity contribution in [2.45, 2.75) is 19.4 Å². The number of aromatic nitrogens is 1. The van der Waals surface area contributed by atoms with Gasteiger partial charge in [-0.25, -0.2) is 14.3 Å². The van der Waals surface area contributed by atoms with Gasteiger partial charge in [-0.05, 0) is 13.8 Å². The van der Waals surface area contributed by atoms with Crippen LogP contribution in [-0.4, -0.2) is 29.9 Å². The Morgan fingerprint density at radius 1 is 0.872 bits per heavy atom. The molecule has 0 aliphatic heterocycles. The lowest BCUT2D eigenvalue weighted by atomic mass is 9.80. The molecule has 2 N–H and O–H groups in total. The zero-order valence-electron chi connectivity index (χ0n) is 21.4. The Kier molecular flexibility index (Phi) is 9.27. The SMILES string of the molecule is CCOP(=O)(OCC)OC(=O)C(=NOC(c1ccccc1)(c1ccccc1)c1ccccc1)c1csc(N)n1. The highest BCUT2D eigenvalue weighted by Gasteiger charge is 2.41. The lowest BCUT2D eigenvalue weighted by molar-refractivity contribution is -0.129. The second-order valence-electron chi connectivity index (χ2n) is 8.04. The standard InChI is InChI=1S/C28H28N3O6PS/c1-3-34-38(33,35-4-2)36-26(32)25(24-20-39-27(29)30-24)31-37-28(21-14-8-5-9-15-21,22-16-10-6-11-17-22)23-18-12-7-13-19-23/h5-20H,3-4H2,1-2H3,(H2,29,30). The molecule has 0 fully saturated rings. The van der Waals surface area contributed by atoms with E-state index in [2.05, 4.69) is 10.1 Å². The maximum atomic E-state index is 13.4. The highest BCUT2D eigenvalue weighted by atomic mass is 32.1. The Morgan fingerprint density at radius 3 is 1.72 bits per heavy atom. The summed E-state index contributed by atoms with van der Waals surface area (Å²) in [6.07, 6.45) is 0. The Bertz CT molecular complexity index is 1340. The van der Waals surface area contributed by atoms with Crippen LogP contribution < -0.4 is 5.73 Å². The van der Waals surface area contributed by atoms with Crippen LogP contribution in [0.25, 0.3) is 0 Å². The first-order valence-electron chi connectivity index (χ1n) is 12.2. The number of hydrogen-bond acceptors (Lipinski definition) is 10. The molecule has 0 aliphatic carbocycles. The molecule has 0 radical (unpaired) electrons. The summed E-state index contributed by atoms with van der Waals surface area (Å²) in [5, 5.41) is 6.04. The van der Waals surface area contributed by atoms with E-state index in [0.717, 1.165) is 28.0 Å². The number of benzene rings is 3. The highest BCUT2D eigenvalue weighted by Crippen LogP contribution is 2.49. The minimum atomic E-state index is -4.22. The first-order valence-corrected chi connectivity index (χ1v) is 14.5. The van der Waals surface area contributed by atoms with E-state index in [1.165, 1.54) is 5.38 Å². The molecular formula is C28H28N3O6PS. The van der Waals surface area contributed by atoms with Crippen molar-refractivity contribution in [2.24, 2.45) is 5.16 Å². The molecule has 0 saturated heterocycles. The number of carbonyl (C=O) groups is 1. The molecule has 0 saturated carbocycles. The lowest BCUT2D eigenvalue weighted by Gasteiger charge is -2.33. The number of phosphoric acid groups is 1. The van der Waals surface area contributed by atoms with Crippen molar-refractivity contribution < 1.29 is 27.8 Å². The second kappa shape index (κ2) is 12.8. The van der Waals surface area contributed by atoms with Gasteiger partial charge in [0, 0.05) is 22.1 Å². The largest absolute Gasteiger partial charge is 0.532 e. The zero-order valence-corrected chi connectivity index (χ0v) is 23.1. The molecule has 1 heterocycles. The van der Waals surface area contributed by atoms with Crippen LogP contribution in [0.3, 0.4) is 0 Å². The van der Waals surface area contributed by atoms with Crippen molar-refractivity contribution in [3.05, 3.63) is 119 Å². The molecule has 0 unspecified atom stereocenters. The van der Waals surface area contributed by atoms with Crippen LogP contribution in [0, 0.1) is 0 Å². The molecule has 0 aliphatic rings. The van der Waals surface area contributed by atoms with Gasteiger partial charge in [0.2, 0.25) is 11.3 Å². The van der Waals surface area contributed by atoms with Gasteiger partial charge in [0.05, 0.1) is 13.2 Å². The van der Waals surface area contributed by atoms with E-state index in [4.69, 9.17) is 24.1 Å². The monoisotopic (exact) mass is 565 g/mol. The summed E-state index contributed by atoms with van der Waals surface area (Å²) in [5.74, 6) is -1.10. The third kappa shape index (κ3) is 6.43. The smallest absolute Gasteiger partial charge is 0.375 e. The van der Waals surface area contributed by atoms with E-state index < -0.39 is 19.4 Å². The molecule has 4 rings (SSSR count). The number of carbonyl (C=O) groups excluding carboxylic acids is 1. The number of anilines is 1. The van der Waals surface area contributed by atoms with Gasteiger partial charge >= 0.3 is 13.8 Å². The Hall–Kier alpha value is -3.82. The summed E-state index contributed by atoms with van der Waals surface area (Å²) in [5.41, 5.74) is 6.57. The number of rotatable bonds is 12. The molecule has 0 bridgehead atoms. The van der Waals surface area contributed by atoms with Crippen molar-refractivity contribution in [1.29, 1.82) is 0 Å². The van der Waals surface area contributed by atoms with Crippen LogP contribution in [-0.2, 0) is 33.4 Å². The summed E-state index contributed by atoms with van der Waals surface area (Å²) in [6.45, 7) is 3.20. The van der Waals surface area contributed by atoms with Gasteiger partial charge in [0.25, 0.3) is 0 Å².